The molecule has 2 rings (SSSR count). The Morgan fingerprint density at radius 3 is 2.74 bits per heavy atom. The summed E-state index contributed by atoms with van der Waals surface area (Å²) in [4.78, 5) is 10.6. The Labute approximate surface area is 144 Å². The zero-order chi connectivity index (χ0) is 16.3. The zero-order valence-electron chi connectivity index (χ0n) is 14.5. The van der Waals surface area contributed by atoms with Gasteiger partial charge < -0.3 is 15.4 Å². The van der Waals surface area contributed by atoms with Crippen LogP contribution >= 0.6 is 11.3 Å². The molecule has 0 spiro atoms. The fraction of sp³-hybridized carbons (Fsp3) is 0.765. The number of hydrogen-bond donors (Lipinski definition) is 2. The van der Waals surface area contributed by atoms with Crippen LogP contribution in [0, 0.1) is 0 Å². The molecule has 6 heteroatoms. The van der Waals surface area contributed by atoms with Crippen LogP contribution in [0.5, 0.6) is 0 Å². The maximum atomic E-state index is 5.32. The van der Waals surface area contributed by atoms with Crippen molar-refractivity contribution in [1.29, 1.82) is 0 Å². The molecule has 0 unspecified atom stereocenters. The third-order valence-electron chi connectivity index (χ3n) is 3.94. The van der Waals surface area contributed by atoms with Gasteiger partial charge in [0.15, 0.2) is 5.96 Å². The SMILES string of the molecule is CCOCCCNC(=NC)NCCCc1nc2c(s1)CCCC2. The van der Waals surface area contributed by atoms with E-state index < -0.39 is 0 Å². The Hall–Kier alpha value is -1.14. The maximum Gasteiger partial charge on any atom is 0.190 e. The first-order chi connectivity index (χ1) is 11.3. The molecule has 0 amide bonds. The van der Waals surface area contributed by atoms with E-state index in [1.165, 1.54) is 41.3 Å². The molecule has 2 N–H and O–H groups in total. The molecule has 130 valence electrons. The van der Waals surface area contributed by atoms with Crippen LogP contribution < -0.4 is 10.6 Å². The van der Waals surface area contributed by atoms with Crippen molar-refractivity contribution in [3.63, 3.8) is 0 Å². The number of fused-ring (bicyclic) bond motifs is 1. The van der Waals surface area contributed by atoms with Gasteiger partial charge >= 0.3 is 0 Å². The lowest BCUT2D eigenvalue weighted by molar-refractivity contribution is 0.145. The quantitative estimate of drug-likeness (QED) is 0.413. The lowest BCUT2D eigenvalue weighted by Crippen LogP contribution is -2.38. The van der Waals surface area contributed by atoms with E-state index in [9.17, 15) is 0 Å². The van der Waals surface area contributed by atoms with E-state index >= 15 is 0 Å². The molecule has 1 aromatic rings. The molecule has 1 aliphatic carbocycles. The molecule has 0 saturated heterocycles. The molecule has 0 radical (unpaired) electrons. The van der Waals surface area contributed by atoms with Gasteiger partial charge in [-0.25, -0.2) is 4.98 Å². The number of aliphatic imine (C=N–C) groups is 1. The predicted octanol–water partition coefficient (Wildman–Crippen LogP) is 2.55. The number of rotatable bonds is 9. The van der Waals surface area contributed by atoms with E-state index in [-0.39, 0.29) is 0 Å². The van der Waals surface area contributed by atoms with Crippen molar-refractivity contribution in [2.75, 3.05) is 33.4 Å². The average molecular weight is 339 g/mol. The number of guanidine groups is 1. The highest BCUT2D eigenvalue weighted by atomic mass is 32.1. The molecule has 0 aromatic carbocycles. The zero-order valence-corrected chi connectivity index (χ0v) is 15.3. The summed E-state index contributed by atoms with van der Waals surface area (Å²) in [6.45, 7) is 5.42. The summed E-state index contributed by atoms with van der Waals surface area (Å²) >= 11 is 1.92. The number of ether oxygens (including phenoxy) is 1. The van der Waals surface area contributed by atoms with Crippen molar-refractivity contribution in [2.24, 2.45) is 4.99 Å². The van der Waals surface area contributed by atoms with Crippen LogP contribution in [0.25, 0.3) is 0 Å². The average Bonchev–Trinajstić information content (AvgIpc) is 2.99. The van der Waals surface area contributed by atoms with Gasteiger partial charge in [0.1, 0.15) is 0 Å². The number of nitrogens with one attached hydrogen (secondary N) is 2. The number of nitrogens with zero attached hydrogens (tertiary/aromatic N) is 2. The van der Waals surface area contributed by atoms with Gasteiger partial charge in [-0.15, -0.1) is 11.3 Å². The lowest BCUT2D eigenvalue weighted by atomic mass is 10.0. The number of aromatic nitrogens is 1. The van der Waals surface area contributed by atoms with Crippen LogP contribution in [-0.4, -0.2) is 44.3 Å². The van der Waals surface area contributed by atoms with Crippen LogP contribution in [0.15, 0.2) is 4.99 Å². The van der Waals surface area contributed by atoms with Gasteiger partial charge in [0.25, 0.3) is 0 Å². The lowest BCUT2D eigenvalue weighted by Gasteiger charge is -2.11. The van der Waals surface area contributed by atoms with Crippen molar-refractivity contribution in [2.45, 2.75) is 51.9 Å². The minimum Gasteiger partial charge on any atom is -0.382 e. The predicted molar refractivity (Wildman–Crippen MR) is 97.6 cm³/mol. The highest BCUT2D eigenvalue weighted by Crippen LogP contribution is 2.27. The number of aryl methyl sites for hydroxylation is 3. The Kier molecular flexibility index (Phi) is 8.39. The standard InChI is InChI=1S/C17H30N4OS/c1-3-22-13-7-12-20-17(18-2)19-11-6-10-16-21-14-8-4-5-9-15(14)23-16/h3-13H2,1-2H3,(H2,18,19,20). The molecule has 5 nitrogen and oxygen atoms in total. The molecule has 0 bridgehead atoms. The molecule has 1 aromatic heterocycles. The molecule has 1 heterocycles. The molecule has 0 atom stereocenters. The van der Waals surface area contributed by atoms with E-state index in [4.69, 9.17) is 9.72 Å². The van der Waals surface area contributed by atoms with Crippen molar-refractivity contribution < 1.29 is 4.74 Å². The molecular weight excluding hydrogens is 308 g/mol. The Balaban J connectivity index is 1.59. The van der Waals surface area contributed by atoms with Crippen molar-refractivity contribution in [3.05, 3.63) is 15.6 Å². The van der Waals surface area contributed by atoms with Crippen LogP contribution in [-0.2, 0) is 24.0 Å². The van der Waals surface area contributed by atoms with Crippen LogP contribution in [0.2, 0.25) is 0 Å². The number of thiazole rings is 1. The summed E-state index contributed by atoms with van der Waals surface area (Å²) in [5.41, 5.74) is 1.37. The van der Waals surface area contributed by atoms with E-state index in [2.05, 4.69) is 15.6 Å². The van der Waals surface area contributed by atoms with Crippen LogP contribution in [0.4, 0.5) is 0 Å². The van der Waals surface area contributed by atoms with Crippen molar-refractivity contribution >= 4 is 17.3 Å². The normalized spacial score (nSPS) is 14.6. The van der Waals surface area contributed by atoms with E-state index in [1.54, 1.807) is 0 Å². The molecule has 0 saturated carbocycles. The van der Waals surface area contributed by atoms with Gasteiger partial charge in [0.05, 0.1) is 10.7 Å². The summed E-state index contributed by atoms with van der Waals surface area (Å²) in [5.74, 6) is 0.875. The Morgan fingerprint density at radius 1 is 1.22 bits per heavy atom. The summed E-state index contributed by atoms with van der Waals surface area (Å²) < 4.78 is 5.32. The van der Waals surface area contributed by atoms with E-state index in [0.29, 0.717) is 0 Å². The summed E-state index contributed by atoms with van der Waals surface area (Å²) in [6.07, 6.45) is 8.22. The van der Waals surface area contributed by atoms with Gasteiger partial charge in [0.2, 0.25) is 0 Å². The van der Waals surface area contributed by atoms with Crippen molar-refractivity contribution in [3.8, 4) is 0 Å². The molecule has 0 aliphatic heterocycles. The van der Waals surface area contributed by atoms with E-state index in [1.807, 2.05) is 25.3 Å². The Bertz CT molecular complexity index is 463. The van der Waals surface area contributed by atoms with Gasteiger partial charge in [-0.05, 0) is 45.4 Å². The highest BCUT2D eigenvalue weighted by molar-refractivity contribution is 7.11. The fourth-order valence-electron chi connectivity index (χ4n) is 2.70. The monoisotopic (exact) mass is 338 g/mol. The van der Waals surface area contributed by atoms with Crippen LogP contribution in [0.3, 0.4) is 0 Å². The molecule has 23 heavy (non-hydrogen) atoms. The first-order valence-corrected chi connectivity index (χ1v) is 9.65. The van der Waals surface area contributed by atoms with Gasteiger partial charge in [-0.2, -0.15) is 0 Å². The molecule has 0 fully saturated rings. The minimum atomic E-state index is 0.785. The molecule has 1 aliphatic rings. The summed E-state index contributed by atoms with van der Waals surface area (Å²) in [7, 11) is 1.81. The van der Waals surface area contributed by atoms with Gasteiger partial charge in [-0.1, -0.05) is 0 Å². The largest absolute Gasteiger partial charge is 0.382 e. The topological polar surface area (TPSA) is 58.5 Å². The van der Waals surface area contributed by atoms with Crippen LogP contribution in [0.1, 0.15) is 48.2 Å². The first kappa shape index (κ1) is 18.2. The first-order valence-electron chi connectivity index (χ1n) is 8.83. The highest BCUT2D eigenvalue weighted by Gasteiger charge is 2.14. The van der Waals surface area contributed by atoms with Gasteiger partial charge in [-0.3, -0.25) is 4.99 Å². The third kappa shape index (κ3) is 6.47. The second-order valence-corrected chi connectivity index (χ2v) is 6.93. The smallest absolute Gasteiger partial charge is 0.190 e. The fourth-order valence-corrected chi connectivity index (χ4v) is 3.90. The summed E-state index contributed by atoms with van der Waals surface area (Å²) in [5, 5.41) is 7.98. The van der Waals surface area contributed by atoms with E-state index in [0.717, 1.165) is 51.5 Å². The second kappa shape index (κ2) is 10.6. The second-order valence-electron chi connectivity index (χ2n) is 5.76. The van der Waals surface area contributed by atoms with Gasteiger partial charge in [0, 0.05) is 44.6 Å². The van der Waals surface area contributed by atoms with Crippen molar-refractivity contribution in [1.82, 2.24) is 15.6 Å². The molecular formula is C17H30N4OS. The maximum absolute atomic E-state index is 5.32. The minimum absolute atomic E-state index is 0.785. The third-order valence-corrected chi connectivity index (χ3v) is 5.15. The Morgan fingerprint density at radius 2 is 2.00 bits per heavy atom. The number of hydrogen-bond acceptors (Lipinski definition) is 4. The summed E-state index contributed by atoms with van der Waals surface area (Å²) in [6, 6.07) is 0.